The fraction of sp³-hybridized carbons (Fsp3) is 0.125. The second-order valence-electron chi connectivity index (χ2n) is 2.86. The van der Waals surface area contributed by atoms with E-state index in [9.17, 15) is 23.7 Å². The number of carbonyl (C=O) groups excluding carboxylic acids is 1. The van der Waals surface area contributed by atoms with Crippen LogP contribution in [0.2, 0.25) is 0 Å². The molecule has 1 amide bonds. The second kappa shape index (κ2) is 4.51. The summed E-state index contributed by atoms with van der Waals surface area (Å²) in [5.74, 6) is -3.12. The van der Waals surface area contributed by atoms with Gasteiger partial charge in [-0.05, 0) is 0 Å². The summed E-state index contributed by atoms with van der Waals surface area (Å²) in [7, 11) is 0. The zero-order valence-corrected chi connectivity index (χ0v) is 7.87. The molecule has 0 saturated carbocycles. The molecule has 86 valence electrons. The predicted molar refractivity (Wildman–Crippen MR) is 50.7 cm³/mol. The van der Waals surface area contributed by atoms with E-state index in [0.29, 0.717) is 12.1 Å². The van der Waals surface area contributed by atoms with Crippen LogP contribution in [0.5, 0.6) is 0 Å². The summed E-state index contributed by atoms with van der Waals surface area (Å²) in [5, 5.41) is 12.7. The molecule has 1 aromatic rings. The van der Waals surface area contributed by atoms with Crippen LogP contribution in [-0.4, -0.2) is 17.4 Å². The van der Waals surface area contributed by atoms with Gasteiger partial charge < -0.3 is 11.1 Å². The Morgan fingerprint density at radius 3 is 2.62 bits per heavy atom. The quantitative estimate of drug-likeness (QED) is 0.590. The minimum Gasteiger partial charge on any atom is -0.370 e. The van der Waals surface area contributed by atoms with Crippen molar-refractivity contribution in [2.75, 3.05) is 11.9 Å². The highest BCUT2D eigenvalue weighted by Crippen LogP contribution is 2.28. The van der Waals surface area contributed by atoms with E-state index in [1.165, 1.54) is 0 Å². The largest absolute Gasteiger partial charge is 0.370 e. The van der Waals surface area contributed by atoms with Gasteiger partial charge in [-0.3, -0.25) is 14.9 Å². The van der Waals surface area contributed by atoms with Crippen LogP contribution >= 0.6 is 0 Å². The van der Waals surface area contributed by atoms with Crippen molar-refractivity contribution in [1.29, 1.82) is 0 Å². The van der Waals surface area contributed by atoms with E-state index in [0.717, 1.165) is 0 Å². The highest BCUT2D eigenvalue weighted by Gasteiger charge is 2.21. The number of anilines is 1. The maximum atomic E-state index is 13.0. The molecule has 0 aliphatic carbocycles. The van der Waals surface area contributed by atoms with Gasteiger partial charge in [0, 0.05) is 12.1 Å². The van der Waals surface area contributed by atoms with Crippen LogP contribution in [0.4, 0.5) is 20.2 Å². The van der Waals surface area contributed by atoms with Crippen molar-refractivity contribution in [2.45, 2.75) is 0 Å². The van der Waals surface area contributed by atoms with Gasteiger partial charge >= 0.3 is 5.69 Å². The standard InChI is InChI=1S/C8H7F2N3O3/c9-4-1-5(10)8(13(15)16)6(2-4)12-3-7(11)14/h1-2,12H,3H2,(H2,11,14). The summed E-state index contributed by atoms with van der Waals surface area (Å²) < 4.78 is 25.8. The number of hydrogen-bond acceptors (Lipinski definition) is 4. The smallest absolute Gasteiger partial charge is 0.327 e. The Bertz CT molecular complexity index is 450. The Balaban J connectivity index is 3.13. The first-order valence-corrected chi connectivity index (χ1v) is 4.07. The first kappa shape index (κ1) is 11.8. The minimum atomic E-state index is -1.32. The molecule has 0 spiro atoms. The monoisotopic (exact) mass is 231 g/mol. The molecule has 0 bridgehead atoms. The molecule has 8 heteroatoms. The molecule has 16 heavy (non-hydrogen) atoms. The number of primary amides is 1. The van der Waals surface area contributed by atoms with Gasteiger partial charge in [0.25, 0.3) is 0 Å². The number of amides is 1. The topological polar surface area (TPSA) is 98.3 Å². The molecule has 0 fully saturated rings. The van der Waals surface area contributed by atoms with Crippen LogP contribution in [0.3, 0.4) is 0 Å². The molecule has 1 rings (SSSR count). The fourth-order valence-electron chi connectivity index (χ4n) is 1.07. The third-order valence-electron chi connectivity index (χ3n) is 1.66. The number of rotatable bonds is 4. The van der Waals surface area contributed by atoms with Crippen LogP contribution in [0.25, 0.3) is 0 Å². The van der Waals surface area contributed by atoms with Gasteiger partial charge in [-0.15, -0.1) is 0 Å². The van der Waals surface area contributed by atoms with E-state index in [4.69, 9.17) is 5.73 Å². The molecular formula is C8H7F2N3O3. The lowest BCUT2D eigenvalue weighted by Crippen LogP contribution is -2.22. The van der Waals surface area contributed by atoms with Crippen LogP contribution in [0, 0.1) is 21.7 Å². The van der Waals surface area contributed by atoms with Crippen molar-refractivity contribution in [3.63, 3.8) is 0 Å². The SMILES string of the molecule is NC(=O)CNc1cc(F)cc(F)c1[N+](=O)[O-]. The molecule has 0 unspecified atom stereocenters. The van der Waals surface area contributed by atoms with Crippen LogP contribution < -0.4 is 11.1 Å². The minimum absolute atomic E-state index is 0.383. The van der Waals surface area contributed by atoms with Crippen molar-refractivity contribution in [1.82, 2.24) is 0 Å². The van der Waals surface area contributed by atoms with Crippen molar-refractivity contribution in [2.24, 2.45) is 5.73 Å². The maximum absolute atomic E-state index is 13.0. The number of carbonyl (C=O) groups is 1. The van der Waals surface area contributed by atoms with Gasteiger partial charge in [0.2, 0.25) is 11.7 Å². The number of nitrogens with zero attached hydrogens (tertiary/aromatic N) is 1. The van der Waals surface area contributed by atoms with Gasteiger partial charge in [0.1, 0.15) is 11.5 Å². The molecule has 0 heterocycles. The number of nitrogens with two attached hydrogens (primary N) is 1. The van der Waals surface area contributed by atoms with E-state index < -0.39 is 40.4 Å². The Hall–Kier alpha value is -2.25. The van der Waals surface area contributed by atoms with Crippen molar-refractivity contribution in [3.8, 4) is 0 Å². The zero-order chi connectivity index (χ0) is 12.3. The molecule has 0 atom stereocenters. The Morgan fingerprint density at radius 1 is 1.50 bits per heavy atom. The summed E-state index contributed by atoms with van der Waals surface area (Å²) in [4.78, 5) is 19.9. The molecule has 0 saturated heterocycles. The highest BCUT2D eigenvalue weighted by atomic mass is 19.1. The molecular weight excluding hydrogens is 224 g/mol. The number of benzene rings is 1. The first-order chi connectivity index (χ1) is 7.41. The predicted octanol–water partition coefficient (Wildman–Crippen LogP) is 0.770. The summed E-state index contributed by atoms with van der Waals surface area (Å²) >= 11 is 0. The average Bonchev–Trinajstić information content (AvgIpc) is 2.12. The number of halogens is 2. The number of nitro benzene ring substituents is 1. The normalized spacial score (nSPS) is 9.88. The van der Waals surface area contributed by atoms with Crippen molar-refractivity contribution in [3.05, 3.63) is 33.9 Å². The van der Waals surface area contributed by atoms with Gasteiger partial charge in [-0.2, -0.15) is 4.39 Å². The summed E-state index contributed by atoms with van der Waals surface area (Å²) in [6, 6.07) is 1.09. The van der Waals surface area contributed by atoms with E-state index in [1.807, 2.05) is 0 Å². The van der Waals surface area contributed by atoms with Gasteiger partial charge in [0.15, 0.2) is 0 Å². The molecule has 3 N–H and O–H groups in total. The molecule has 0 aromatic heterocycles. The molecule has 6 nitrogen and oxygen atoms in total. The third-order valence-corrected chi connectivity index (χ3v) is 1.66. The van der Waals surface area contributed by atoms with E-state index in [-0.39, 0.29) is 0 Å². The summed E-state index contributed by atoms with van der Waals surface area (Å²) in [5.41, 5.74) is 3.43. The lowest BCUT2D eigenvalue weighted by atomic mass is 10.2. The van der Waals surface area contributed by atoms with Crippen LogP contribution in [-0.2, 0) is 4.79 Å². The highest BCUT2D eigenvalue weighted by molar-refractivity contribution is 5.80. The molecule has 0 radical (unpaired) electrons. The van der Waals surface area contributed by atoms with Crippen LogP contribution in [0.15, 0.2) is 12.1 Å². The summed E-state index contributed by atoms with van der Waals surface area (Å²) in [6.07, 6.45) is 0. The summed E-state index contributed by atoms with van der Waals surface area (Å²) in [6.45, 7) is -0.455. The number of nitro groups is 1. The fourth-order valence-corrected chi connectivity index (χ4v) is 1.07. The molecule has 0 aliphatic heterocycles. The number of nitrogens with one attached hydrogen (secondary N) is 1. The Labute approximate surface area is 88.2 Å². The third kappa shape index (κ3) is 2.62. The molecule has 0 aliphatic rings. The Kier molecular flexibility index (Phi) is 3.33. The van der Waals surface area contributed by atoms with Crippen molar-refractivity contribution >= 4 is 17.3 Å². The zero-order valence-electron chi connectivity index (χ0n) is 7.87. The van der Waals surface area contributed by atoms with E-state index >= 15 is 0 Å². The first-order valence-electron chi connectivity index (χ1n) is 4.07. The molecule has 1 aromatic carbocycles. The van der Waals surface area contributed by atoms with E-state index in [2.05, 4.69) is 5.32 Å². The average molecular weight is 231 g/mol. The number of hydrogen-bond donors (Lipinski definition) is 2. The van der Waals surface area contributed by atoms with E-state index in [1.54, 1.807) is 0 Å². The van der Waals surface area contributed by atoms with Crippen molar-refractivity contribution < 1.29 is 18.5 Å². The van der Waals surface area contributed by atoms with Crippen LogP contribution in [0.1, 0.15) is 0 Å². The van der Waals surface area contributed by atoms with Gasteiger partial charge in [-0.1, -0.05) is 0 Å². The lowest BCUT2D eigenvalue weighted by Gasteiger charge is -2.05. The Morgan fingerprint density at radius 2 is 2.12 bits per heavy atom. The van der Waals surface area contributed by atoms with Gasteiger partial charge in [0.05, 0.1) is 11.5 Å². The van der Waals surface area contributed by atoms with Gasteiger partial charge in [-0.25, -0.2) is 4.39 Å². The lowest BCUT2D eigenvalue weighted by molar-refractivity contribution is -0.386. The second-order valence-corrected chi connectivity index (χ2v) is 2.86. The maximum Gasteiger partial charge on any atom is 0.327 e.